The second-order valence-corrected chi connectivity index (χ2v) is 7.27. The molecule has 0 saturated carbocycles. The van der Waals surface area contributed by atoms with Crippen LogP contribution < -0.4 is 5.32 Å². The first-order valence-electron chi connectivity index (χ1n) is 9.76. The van der Waals surface area contributed by atoms with Crippen molar-refractivity contribution in [2.24, 2.45) is 0 Å². The number of nitrogens with one attached hydrogen (secondary N) is 1. The predicted molar refractivity (Wildman–Crippen MR) is 112 cm³/mol. The summed E-state index contributed by atoms with van der Waals surface area (Å²) in [5.41, 5.74) is 0.892. The summed E-state index contributed by atoms with van der Waals surface area (Å²) >= 11 is 0. The van der Waals surface area contributed by atoms with E-state index < -0.39 is 0 Å². The molecule has 0 unspecified atom stereocenters. The van der Waals surface area contributed by atoms with E-state index in [1.165, 1.54) is 45.3 Å². The molecule has 4 heterocycles. The van der Waals surface area contributed by atoms with Crippen molar-refractivity contribution < 1.29 is 0 Å². The molecule has 2 aliphatic heterocycles. The van der Waals surface area contributed by atoms with Crippen molar-refractivity contribution in [3.8, 4) is 11.5 Å². The van der Waals surface area contributed by atoms with Crippen LogP contribution in [-0.4, -0.2) is 62.2 Å². The molecule has 2 aliphatic rings. The molecule has 0 amide bonds. The van der Waals surface area contributed by atoms with Crippen molar-refractivity contribution in [1.82, 2.24) is 34.8 Å². The van der Waals surface area contributed by atoms with Crippen LogP contribution in [-0.2, 0) is 6.54 Å². The Morgan fingerprint density at radius 2 is 1.78 bits per heavy atom. The van der Waals surface area contributed by atoms with Crippen molar-refractivity contribution in [3.63, 3.8) is 0 Å². The minimum Gasteiger partial charge on any atom is -0.330 e. The lowest BCUT2D eigenvalue weighted by Gasteiger charge is -2.22. The van der Waals surface area contributed by atoms with Gasteiger partial charge in [-0.25, -0.2) is 9.67 Å². The van der Waals surface area contributed by atoms with Gasteiger partial charge in [0.2, 0.25) is 0 Å². The van der Waals surface area contributed by atoms with Gasteiger partial charge in [-0.3, -0.25) is 0 Å². The molecule has 0 radical (unpaired) electrons. The predicted octanol–water partition coefficient (Wildman–Crippen LogP) is 2.79. The molecular formula is C18H31Cl2N7. The molecule has 4 rings (SSSR count). The number of piperidine rings is 1. The van der Waals surface area contributed by atoms with Crippen molar-refractivity contribution in [2.75, 3.05) is 32.7 Å². The third-order valence-electron chi connectivity index (χ3n) is 5.46. The third-order valence-corrected chi connectivity index (χ3v) is 5.46. The van der Waals surface area contributed by atoms with Crippen molar-refractivity contribution >= 4 is 24.8 Å². The standard InChI is InChI=1S/C18H29N7.2ClH/c1-2-11-23(10-1)12-3-4-13-24-14-9-20-18(24)17-15-25(22-21-17)16-5-7-19-8-6-16;;/h9,14-16,19H,1-8,10-13H2;2*1H. The van der Waals surface area contributed by atoms with Crippen LogP contribution >= 0.6 is 24.8 Å². The van der Waals surface area contributed by atoms with Crippen LogP contribution in [0.15, 0.2) is 18.6 Å². The van der Waals surface area contributed by atoms with Crippen LogP contribution in [0.25, 0.3) is 11.5 Å². The van der Waals surface area contributed by atoms with Crippen LogP contribution in [0.2, 0.25) is 0 Å². The number of unbranched alkanes of at least 4 members (excludes halogenated alkanes) is 1. The average molecular weight is 416 g/mol. The van der Waals surface area contributed by atoms with Gasteiger partial charge in [0.25, 0.3) is 0 Å². The molecule has 2 saturated heterocycles. The maximum atomic E-state index is 4.53. The number of halogens is 2. The Hall–Kier alpha value is -1.15. The Labute approximate surface area is 173 Å². The maximum Gasteiger partial charge on any atom is 0.162 e. The normalized spacial score (nSPS) is 18.2. The Kier molecular flexibility index (Phi) is 9.02. The number of aromatic nitrogens is 5. The monoisotopic (exact) mass is 415 g/mol. The molecule has 2 fully saturated rings. The molecule has 0 aromatic carbocycles. The topological polar surface area (TPSA) is 63.8 Å². The molecule has 0 atom stereocenters. The number of likely N-dealkylation sites (tertiary alicyclic amines) is 1. The van der Waals surface area contributed by atoms with E-state index in [1.807, 2.05) is 10.9 Å². The summed E-state index contributed by atoms with van der Waals surface area (Å²) in [7, 11) is 0. The third kappa shape index (κ3) is 5.67. The average Bonchev–Trinajstić information content (AvgIpc) is 3.40. The quantitative estimate of drug-likeness (QED) is 0.704. The molecule has 2 aromatic rings. The highest BCUT2D eigenvalue weighted by Gasteiger charge is 2.18. The van der Waals surface area contributed by atoms with E-state index in [0.29, 0.717) is 6.04 Å². The van der Waals surface area contributed by atoms with Crippen molar-refractivity contribution in [2.45, 2.75) is 51.1 Å². The van der Waals surface area contributed by atoms with E-state index in [9.17, 15) is 0 Å². The highest BCUT2D eigenvalue weighted by atomic mass is 35.5. The van der Waals surface area contributed by atoms with Crippen LogP contribution in [0, 0.1) is 0 Å². The molecule has 152 valence electrons. The van der Waals surface area contributed by atoms with E-state index in [0.717, 1.165) is 44.0 Å². The minimum atomic E-state index is 0. The first kappa shape index (κ1) is 22.1. The number of imidazole rings is 1. The van der Waals surface area contributed by atoms with Gasteiger partial charge in [0.05, 0.1) is 12.2 Å². The lowest BCUT2D eigenvalue weighted by Crippen LogP contribution is -2.29. The van der Waals surface area contributed by atoms with Crippen LogP contribution in [0.5, 0.6) is 0 Å². The summed E-state index contributed by atoms with van der Waals surface area (Å²) in [6.45, 7) is 6.93. The number of hydrogen-bond donors (Lipinski definition) is 1. The summed E-state index contributed by atoms with van der Waals surface area (Å²) in [5.74, 6) is 0.946. The van der Waals surface area contributed by atoms with Gasteiger partial charge in [-0.2, -0.15) is 0 Å². The van der Waals surface area contributed by atoms with Gasteiger partial charge in [0.15, 0.2) is 5.82 Å². The van der Waals surface area contributed by atoms with E-state index in [1.54, 1.807) is 0 Å². The highest BCUT2D eigenvalue weighted by Crippen LogP contribution is 2.21. The smallest absolute Gasteiger partial charge is 0.162 e. The number of hydrogen-bond acceptors (Lipinski definition) is 5. The summed E-state index contributed by atoms with van der Waals surface area (Å²) in [6.07, 6.45) is 13.4. The maximum absolute atomic E-state index is 4.53. The molecule has 0 bridgehead atoms. The van der Waals surface area contributed by atoms with Gasteiger partial charge in [-0.05, 0) is 71.2 Å². The van der Waals surface area contributed by atoms with Gasteiger partial charge >= 0.3 is 0 Å². The Morgan fingerprint density at radius 1 is 1.04 bits per heavy atom. The summed E-state index contributed by atoms with van der Waals surface area (Å²) in [5, 5.41) is 12.1. The second-order valence-electron chi connectivity index (χ2n) is 7.27. The van der Waals surface area contributed by atoms with Gasteiger partial charge < -0.3 is 14.8 Å². The van der Waals surface area contributed by atoms with E-state index in [4.69, 9.17) is 0 Å². The van der Waals surface area contributed by atoms with Crippen LogP contribution in [0.4, 0.5) is 0 Å². The fraction of sp³-hybridized carbons (Fsp3) is 0.722. The summed E-state index contributed by atoms with van der Waals surface area (Å²) in [6, 6.07) is 0.464. The summed E-state index contributed by atoms with van der Waals surface area (Å²) < 4.78 is 4.25. The Morgan fingerprint density at radius 3 is 2.56 bits per heavy atom. The fourth-order valence-electron chi connectivity index (χ4n) is 3.98. The Balaban J connectivity index is 0.00000131. The fourth-order valence-corrected chi connectivity index (χ4v) is 3.98. The minimum absolute atomic E-state index is 0. The molecule has 9 heteroatoms. The zero-order valence-corrected chi connectivity index (χ0v) is 17.4. The number of rotatable bonds is 7. The molecule has 1 N–H and O–H groups in total. The van der Waals surface area contributed by atoms with Gasteiger partial charge in [0.1, 0.15) is 5.69 Å². The van der Waals surface area contributed by atoms with Gasteiger partial charge in [-0.15, -0.1) is 29.9 Å². The largest absolute Gasteiger partial charge is 0.330 e. The molecule has 7 nitrogen and oxygen atoms in total. The molecular weight excluding hydrogens is 385 g/mol. The zero-order chi connectivity index (χ0) is 16.9. The van der Waals surface area contributed by atoms with Gasteiger partial charge in [-0.1, -0.05) is 5.21 Å². The SMILES string of the molecule is Cl.Cl.c1cn(CCCCN2CCCC2)c(-c2cn(C3CCNCC3)nn2)n1. The summed E-state index contributed by atoms with van der Waals surface area (Å²) in [4.78, 5) is 7.11. The van der Waals surface area contributed by atoms with Gasteiger partial charge in [0, 0.05) is 18.9 Å². The Bertz CT molecular complexity index is 660. The van der Waals surface area contributed by atoms with E-state index in [-0.39, 0.29) is 24.8 Å². The molecule has 0 spiro atoms. The van der Waals surface area contributed by atoms with Crippen LogP contribution in [0.3, 0.4) is 0 Å². The zero-order valence-electron chi connectivity index (χ0n) is 15.8. The lowest BCUT2D eigenvalue weighted by molar-refractivity contribution is 0.326. The molecule has 0 aliphatic carbocycles. The molecule has 27 heavy (non-hydrogen) atoms. The molecule has 2 aromatic heterocycles. The highest BCUT2D eigenvalue weighted by molar-refractivity contribution is 5.85. The second kappa shape index (κ2) is 11.0. The number of nitrogens with zero attached hydrogens (tertiary/aromatic N) is 6. The first-order valence-corrected chi connectivity index (χ1v) is 9.76. The lowest BCUT2D eigenvalue weighted by atomic mass is 10.1. The van der Waals surface area contributed by atoms with Crippen molar-refractivity contribution in [1.29, 1.82) is 0 Å². The van der Waals surface area contributed by atoms with E-state index in [2.05, 4.69) is 42.5 Å². The number of aryl methyl sites for hydroxylation is 1. The first-order chi connectivity index (χ1) is 12.4. The van der Waals surface area contributed by atoms with Crippen molar-refractivity contribution in [3.05, 3.63) is 18.6 Å². The van der Waals surface area contributed by atoms with E-state index >= 15 is 0 Å². The van der Waals surface area contributed by atoms with Crippen LogP contribution in [0.1, 0.15) is 44.6 Å².